The SMILES string of the molecule is CC(=O)/C=C(/C)[O-].N#CN=C=[N-].O.O.[Cu+2].c1cnc2c(c1)ccc1cccnc12. The van der Waals surface area contributed by atoms with E-state index in [1.807, 2.05) is 12.1 Å². The largest absolute Gasteiger partial charge is 2.00 e. The fourth-order valence-electron chi connectivity index (χ4n) is 1.99. The number of hydrogen-bond donors (Lipinski definition) is 0. The molecule has 29 heavy (non-hydrogen) atoms. The van der Waals surface area contributed by atoms with Crippen molar-refractivity contribution in [2.75, 3.05) is 0 Å². The molecular weight excluding hydrogens is 426 g/mol. The summed E-state index contributed by atoms with van der Waals surface area (Å²) in [5, 5.41) is 27.1. The van der Waals surface area contributed by atoms with Crippen LogP contribution in [-0.2, 0) is 21.9 Å². The molecule has 0 atom stereocenters. The molecule has 0 bridgehead atoms. The van der Waals surface area contributed by atoms with Gasteiger partial charge in [-0.2, -0.15) is 5.26 Å². The summed E-state index contributed by atoms with van der Waals surface area (Å²) in [5.74, 6) is -0.375. The van der Waals surface area contributed by atoms with Gasteiger partial charge in [0.25, 0.3) is 0 Å². The number of carbonyl (C=O) groups is 1. The molecule has 0 saturated heterocycles. The number of rotatable bonds is 1. The molecule has 0 spiro atoms. The monoisotopic (exact) mass is 444 g/mol. The zero-order chi connectivity index (χ0) is 19.4. The van der Waals surface area contributed by atoms with Crippen molar-refractivity contribution < 1.29 is 37.9 Å². The van der Waals surface area contributed by atoms with E-state index in [0.29, 0.717) is 0 Å². The zero-order valence-corrected chi connectivity index (χ0v) is 16.5. The molecule has 2 aromatic heterocycles. The van der Waals surface area contributed by atoms with Gasteiger partial charge in [0, 0.05) is 23.2 Å². The molecule has 0 aliphatic carbocycles. The van der Waals surface area contributed by atoms with E-state index in [1.54, 1.807) is 12.4 Å². The van der Waals surface area contributed by atoms with Crippen molar-refractivity contribution in [3.8, 4) is 6.19 Å². The van der Waals surface area contributed by atoms with Crippen LogP contribution >= 0.6 is 0 Å². The first-order valence-corrected chi connectivity index (χ1v) is 7.42. The number of pyridine rings is 2. The molecule has 0 amide bonds. The molecule has 2 heterocycles. The van der Waals surface area contributed by atoms with Crippen LogP contribution in [0, 0.1) is 11.5 Å². The van der Waals surface area contributed by atoms with E-state index < -0.39 is 0 Å². The molecule has 0 aliphatic rings. The number of nitriles is 1. The van der Waals surface area contributed by atoms with E-state index in [-0.39, 0.29) is 39.6 Å². The van der Waals surface area contributed by atoms with Gasteiger partial charge < -0.3 is 26.5 Å². The Hall–Kier alpha value is -3.44. The molecule has 1 aromatic carbocycles. The second-order valence-electron chi connectivity index (χ2n) is 4.89. The minimum atomic E-state index is -0.187. The van der Waals surface area contributed by atoms with Crippen LogP contribution < -0.4 is 5.11 Å². The Morgan fingerprint density at radius 2 is 1.52 bits per heavy atom. The number of allylic oxidation sites excluding steroid dienone is 2. The van der Waals surface area contributed by atoms with Crippen LogP contribution in [0.5, 0.6) is 0 Å². The van der Waals surface area contributed by atoms with Gasteiger partial charge in [0.2, 0.25) is 0 Å². The van der Waals surface area contributed by atoms with Gasteiger partial charge >= 0.3 is 17.1 Å². The predicted octanol–water partition coefficient (Wildman–Crippen LogP) is 1.18. The summed E-state index contributed by atoms with van der Waals surface area (Å²) in [4.78, 5) is 21.3. The zero-order valence-electron chi connectivity index (χ0n) is 15.6. The number of fused-ring (bicyclic) bond motifs is 3. The number of carbonyl (C=O) groups excluding carboxylic acids is 1. The van der Waals surface area contributed by atoms with Gasteiger partial charge in [-0.3, -0.25) is 14.8 Å². The number of nitrogens with zero attached hydrogens (tertiary/aromatic N) is 5. The Balaban J connectivity index is -0.000000392. The Labute approximate surface area is 178 Å². The number of aliphatic imine (C=N–C) groups is 1. The van der Waals surface area contributed by atoms with E-state index in [0.717, 1.165) is 27.9 Å². The Morgan fingerprint density at radius 3 is 1.76 bits per heavy atom. The molecule has 0 saturated carbocycles. The van der Waals surface area contributed by atoms with E-state index in [4.69, 9.17) is 10.7 Å². The fourth-order valence-corrected chi connectivity index (χ4v) is 1.99. The topological polar surface area (TPSA) is 187 Å². The second-order valence-corrected chi connectivity index (χ2v) is 4.89. The van der Waals surface area contributed by atoms with E-state index in [9.17, 15) is 9.90 Å². The van der Waals surface area contributed by atoms with Crippen LogP contribution in [0.1, 0.15) is 13.8 Å². The Kier molecular flexibility index (Phi) is 17.5. The number of ketones is 1. The third-order valence-corrected chi connectivity index (χ3v) is 2.85. The second kappa shape index (κ2) is 16.7. The van der Waals surface area contributed by atoms with Crippen LogP contribution in [0.25, 0.3) is 27.2 Å². The van der Waals surface area contributed by atoms with E-state index in [1.165, 1.54) is 26.0 Å². The van der Waals surface area contributed by atoms with Crippen LogP contribution in [-0.4, -0.2) is 32.7 Å². The summed E-state index contributed by atoms with van der Waals surface area (Å²) >= 11 is 0. The average molecular weight is 445 g/mol. The van der Waals surface area contributed by atoms with Crippen molar-refractivity contribution in [1.82, 2.24) is 9.97 Å². The molecule has 3 aromatic rings. The third kappa shape index (κ3) is 11.1. The van der Waals surface area contributed by atoms with Crippen LogP contribution in [0.2, 0.25) is 0 Å². The first kappa shape index (κ1) is 30.3. The van der Waals surface area contributed by atoms with Crippen molar-refractivity contribution in [3.63, 3.8) is 0 Å². The third-order valence-electron chi connectivity index (χ3n) is 2.85. The standard InChI is InChI=1S/C12H8N2.C5H8O2.C2N3.Cu.2H2O/c1-3-9-5-6-10-4-2-8-14-12(10)11(9)13-7-1;1-4(6)3-5(2)7;3-1-5-2-4;;;/h1-8H;3,6H,1-2H3;;;2*1H2/q;;-1;+2;;/p-1/b;4-3-;;;;. The smallest absolute Gasteiger partial charge is 0.876 e. The van der Waals surface area contributed by atoms with Crippen molar-refractivity contribution in [3.05, 3.63) is 66.0 Å². The summed E-state index contributed by atoms with van der Waals surface area (Å²) in [6.07, 6.45) is 5.94. The number of benzene rings is 1. The molecule has 155 valence electrons. The van der Waals surface area contributed by atoms with Crippen molar-refractivity contribution in [2.24, 2.45) is 4.99 Å². The van der Waals surface area contributed by atoms with Crippen LogP contribution in [0.15, 0.2) is 65.6 Å². The molecular formula is C19H19CuN5O4. The van der Waals surface area contributed by atoms with Crippen LogP contribution in [0.3, 0.4) is 0 Å². The first-order chi connectivity index (χ1) is 12.5. The van der Waals surface area contributed by atoms with E-state index in [2.05, 4.69) is 39.2 Å². The molecule has 3 rings (SSSR count). The Bertz CT molecular complexity index is 969. The molecule has 9 nitrogen and oxygen atoms in total. The number of hydrogen-bond acceptors (Lipinski definition) is 6. The quantitative estimate of drug-likeness (QED) is 0.136. The van der Waals surface area contributed by atoms with Gasteiger partial charge in [-0.15, -0.1) is 11.8 Å². The van der Waals surface area contributed by atoms with Gasteiger partial charge in [0.15, 0.2) is 5.78 Å². The van der Waals surface area contributed by atoms with Crippen molar-refractivity contribution >= 4 is 33.6 Å². The van der Waals surface area contributed by atoms with Crippen molar-refractivity contribution in [1.29, 1.82) is 5.26 Å². The maximum absolute atomic E-state index is 9.98. The maximum atomic E-state index is 9.98. The molecule has 1 radical (unpaired) electrons. The first-order valence-electron chi connectivity index (χ1n) is 7.42. The molecule has 4 N–H and O–H groups in total. The Morgan fingerprint density at radius 1 is 1.07 bits per heavy atom. The minimum absolute atomic E-state index is 0. The number of aromatic nitrogens is 2. The van der Waals surface area contributed by atoms with Crippen LogP contribution in [0.4, 0.5) is 0 Å². The summed E-state index contributed by atoms with van der Waals surface area (Å²) in [5.41, 5.74) is 1.95. The molecule has 0 unspecified atom stereocenters. The normalized spacial score (nSPS) is 8.66. The summed E-state index contributed by atoms with van der Waals surface area (Å²) in [7, 11) is 0. The summed E-state index contributed by atoms with van der Waals surface area (Å²) in [6, 6.07) is 13.4. The maximum Gasteiger partial charge on any atom is 2.00 e. The molecule has 10 heteroatoms. The fraction of sp³-hybridized carbons (Fsp3) is 0.105. The van der Waals surface area contributed by atoms with Gasteiger partial charge in [-0.1, -0.05) is 31.2 Å². The van der Waals surface area contributed by atoms with E-state index >= 15 is 0 Å². The van der Waals surface area contributed by atoms with Gasteiger partial charge in [-0.25, -0.2) is 0 Å². The van der Waals surface area contributed by atoms with Gasteiger partial charge in [0.05, 0.1) is 17.2 Å². The summed E-state index contributed by atoms with van der Waals surface area (Å²) in [6.45, 7) is 2.70. The average Bonchev–Trinajstić information content (AvgIpc) is 2.62. The van der Waals surface area contributed by atoms with Gasteiger partial charge in [0.1, 0.15) is 0 Å². The minimum Gasteiger partial charge on any atom is -0.876 e. The molecule has 0 fully saturated rings. The van der Waals surface area contributed by atoms with Crippen molar-refractivity contribution in [2.45, 2.75) is 13.8 Å². The predicted molar refractivity (Wildman–Crippen MR) is 105 cm³/mol. The van der Waals surface area contributed by atoms with Gasteiger partial charge in [-0.05, 0) is 25.1 Å². The summed E-state index contributed by atoms with van der Waals surface area (Å²) < 4.78 is 0. The molecule has 0 aliphatic heterocycles.